The average Bonchev–Trinajstić information content (AvgIpc) is 3.08. The van der Waals surface area contributed by atoms with Crippen LogP contribution in [0.2, 0.25) is 0 Å². The van der Waals surface area contributed by atoms with Gasteiger partial charge in [0.1, 0.15) is 11.3 Å². The molecule has 3 aromatic rings. The van der Waals surface area contributed by atoms with Crippen molar-refractivity contribution in [1.29, 1.82) is 0 Å². The Kier molecular flexibility index (Phi) is 4.05. The number of carbonyl (C=O) groups excluding carboxylic acids is 2. The van der Waals surface area contributed by atoms with Crippen LogP contribution in [0.3, 0.4) is 0 Å². The number of para-hydroxylation sites is 1. The lowest BCUT2D eigenvalue weighted by molar-refractivity contribution is 0.0476. The number of benzene rings is 2. The summed E-state index contributed by atoms with van der Waals surface area (Å²) in [5, 5.41) is 0. The summed E-state index contributed by atoms with van der Waals surface area (Å²) in [6.07, 6.45) is 1.25. The number of carbonyl (C=O) groups is 2. The van der Waals surface area contributed by atoms with Crippen LogP contribution in [0.15, 0.2) is 53.3 Å². The highest BCUT2D eigenvalue weighted by molar-refractivity contribution is 6.03. The van der Waals surface area contributed by atoms with Crippen LogP contribution < -0.4 is 4.74 Å². The fraction of sp³-hybridized carbons (Fsp3) is 0.118. The van der Waals surface area contributed by atoms with Gasteiger partial charge in [-0.05, 0) is 36.4 Å². The number of hydrogen-bond acceptors (Lipinski definition) is 6. The Labute approximate surface area is 131 Å². The predicted molar refractivity (Wildman–Crippen MR) is 81.6 cm³/mol. The first-order valence-electron chi connectivity index (χ1n) is 6.85. The minimum atomic E-state index is -0.619. The third-order valence-corrected chi connectivity index (χ3v) is 3.33. The number of methoxy groups -OCH3 is 1. The van der Waals surface area contributed by atoms with Gasteiger partial charge in [0.25, 0.3) is 0 Å². The second-order valence-corrected chi connectivity index (χ2v) is 4.73. The van der Waals surface area contributed by atoms with Gasteiger partial charge in [-0.25, -0.2) is 9.78 Å². The van der Waals surface area contributed by atoms with E-state index in [2.05, 4.69) is 4.98 Å². The maximum absolute atomic E-state index is 12.1. The van der Waals surface area contributed by atoms with Crippen LogP contribution >= 0.6 is 0 Å². The summed E-state index contributed by atoms with van der Waals surface area (Å²) in [7, 11) is 1.54. The highest BCUT2D eigenvalue weighted by Gasteiger charge is 2.16. The first-order chi connectivity index (χ1) is 11.2. The number of fused-ring (bicyclic) bond motifs is 1. The van der Waals surface area contributed by atoms with Crippen molar-refractivity contribution in [2.75, 3.05) is 13.7 Å². The molecule has 3 rings (SSSR count). The standard InChI is InChI=1S/C17H13NO5/c1-21-12-7-5-11(6-8-12)14(19)9-22-17(20)13-3-2-4-15-16(13)18-10-23-15/h2-8,10H,9H2,1H3. The van der Waals surface area contributed by atoms with Crippen LogP contribution in [0.5, 0.6) is 5.75 Å². The number of oxazole rings is 1. The van der Waals surface area contributed by atoms with E-state index >= 15 is 0 Å². The fourth-order valence-corrected chi connectivity index (χ4v) is 2.12. The normalized spacial score (nSPS) is 10.5. The van der Waals surface area contributed by atoms with Gasteiger partial charge in [-0.2, -0.15) is 0 Å². The quantitative estimate of drug-likeness (QED) is 0.532. The van der Waals surface area contributed by atoms with Gasteiger partial charge in [0.05, 0.1) is 12.7 Å². The van der Waals surface area contributed by atoms with Gasteiger partial charge in [0.2, 0.25) is 0 Å². The summed E-state index contributed by atoms with van der Waals surface area (Å²) in [6.45, 7) is -0.348. The summed E-state index contributed by atoms with van der Waals surface area (Å²) in [5.74, 6) is -0.268. The van der Waals surface area contributed by atoms with Crippen molar-refractivity contribution >= 4 is 22.9 Å². The van der Waals surface area contributed by atoms with E-state index in [1.165, 1.54) is 6.39 Å². The third kappa shape index (κ3) is 3.06. The minimum absolute atomic E-state index is 0.263. The maximum atomic E-state index is 12.1. The topological polar surface area (TPSA) is 78.6 Å². The van der Waals surface area contributed by atoms with Crippen molar-refractivity contribution in [3.63, 3.8) is 0 Å². The maximum Gasteiger partial charge on any atom is 0.340 e. The molecule has 23 heavy (non-hydrogen) atoms. The van der Waals surface area contributed by atoms with E-state index in [9.17, 15) is 9.59 Å². The number of esters is 1. The van der Waals surface area contributed by atoms with Gasteiger partial charge >= 0.3 is 5.97 Å². The number of hydrogen-bond donors (Lipinski definition) is 0. The summed E-state index contributed by atoms with van der Waals surface area (Å²) < 4.78 is 15.2. The Morgan fingerprint density at radius 3 is 2.65 bits per heavy atom. The molecule has 0 unspecified atom stereocenters. The zero-order valence-electron chi connectivity index (χ0n) is 12.3. The van der Waals surface area contributed by atoms with Gasteiger partial charge in [0, 0.05) is 5.56 Å². The highest BCUT2D eigenvalue weighted by Crippen LogP contribution is 2.18. The number of nitrogens with zero attached hydrogens (tertiary/aromatic N) is 1. The Morgan fingerprint density at radius 1 is 1.13 bits per heavy atom. The lowest BCUT2D eigenvalue weighted by atomic mass is 10.1. The molecule has 1 aromatic heterocycles. The highest BCUT2D eigenvalue weighted by atomic mass is 16.5. The van der Waals surface area contributed by atoms with Crippen LogP contribution in [-0.4, -0.2) is 30.5 Å². The summed E-state index contributed by atoms with van der Waals surface area (Å²) >= 11 is 0. The van der Waals surface area contributed by atoms with Crippen LogP contribution in [0.1, 0.15) is 20.7 Å². The smallest absolute Gasteiger partial charge is 0.340 e. The molecule has 1 heterocycles. The first-order valence-corrected chi connectivity index (χ1v) is 6.85. The molecule has 0 fully saturated rings. The lowest BCUT2D eigenvalue weighted by Gasteiger charge is -2.05. The molecule has 0 saturated carbocycles. The van der Waals surface area contributed by atoms with Crippen molar-refractivity contribution < 1.29 is 23.5 Å². The first kappa shape index (κ1) is 14.8. The van der Waals surface area contributed by atoms with Gasteiger partial charge in [-0.1, -0.05) is 6.07 Å². The molecule has 0 spiro atoms. The van der Waals surface area contributed by atoms with E-state index < -0.39 is 5.97 Å². The van der Waals surface area contributed by atoms with Crippen LogP contribution in [0.25, 0.3) is 11.1 Å². The second-order valence-electron chi connectivity index (χ2n) is 4.73. The minimum Gasteiger partial charge on any atom is -0.497 e. The molecule has 116 valence electrons. The van der Waals surface area contributed by atoms with E-state index in [0.717, 1.165) is 0 Å². The monoisotopic (exact) mass is 311 g/mol. The van der Waals surface area contributed by atoms with Crippen LogP contribution in [0.4, 0.5) is 0 Å². The number of rotatable bonds is 5. The Bertz CT molecular complexity index is 851. The zero-order valence-corrected chi connectivity index (χ0v) is 12.3. The summed E-state index contributed by atoms with van der Waals surface area (Å²) in [5.41, 5.74) is 1.60. The van der Waals surface area contributed by atoms with Crippen molar-refractivity contribution in [1.82, 2.24) is 4.98 Å². The molecular weight excluding hydrogens is 298 g/mol. The van der Waals surface area contributed by atoms with E-state index in [0.29, 0.717) is 22.4 Å². The molecule has 0 aliphatic heterocycles. The molecule has 0 aliphatic carbocycles. The van der Waals surface area contributed by atoms with E-state index in [1.807, 2.05) is 0 Å². The lowest BCUT2D eigenvalue weighted by Crippen LogP contribution is -2.14. The third-order valence-electron chi connectivity index (χ3n) is 3.33. The number of ether oxygens (including phenoxy) is 2. The largest absolute Gasteiger partial charge is 0.497 e. The zero-order chi connectivity index (χ0) is 16.2. The molecule has 0 bridgehead atoms. The molecular formula is C17H13NO5. The van der Waals surface area contributed by atoms with E-state index in [1.54, 1.807) is 49.6 Å². The molecule has 0 radical (unpaired) electrons. The molecule has 0 N–H and O–H groups in total. The van der Waals surface area contributed by atoms with E-state index in [-0.39, 0.29) is 18.0 Å². The van der Waals surface area contributed by atoms with Crippen LogP contribution in [-0.2, 0) is 4.74 Å². The molecule has 0 aliphatic rings. The number of ketones is 1. The van der Waals surface area contributed by atoms with Gasteiger partial charge in [-0.3, -0.25) is 4.79 Å². The summed E-state index contributed by atoms with van der Waals surface area (Å²) in [4.78, 5) is 28.1. The van der Waals surface area contributed by atoms with Crippen molar-refractivity contribution in [3.8, 4) is 5.75 Å². The second kappa shape index (κ2) is 6.31. The Morgan fingerprint density at radius 2 is 1.91 bits per heavy atom. The molecule has 2 aromatic carbocycles. The Hall–Kier alpha value is -3.15. The van der Waals surface area contributed by atoms with Crippen molar-refractivity contribution in [2.24, 2.45) is 0 Å². The average molecular weight is 311 g/mol. The molecule has 0 amide bonds. The van der Waals surface area contributed by atoms with Gasteiger partial charge < -0.3 is 13.9 Å². The molecule has 6 nitrogen and oxygen atoms in total. The number of Topliss-reactive ketones (excluding diaryl/α,β-unsaturated/α-hetero) is 1. The predicted octanol–water partition coefficient (Wildman–Crippen LogP) is 2.88. The van der Waals surface area contributed by atoms with Crippen molar-refractivity contribution in [3.05, 3.63) is 60.0 Å². The summed E-state index contributed by atoms with van der Waals surface area (Å²) in [6, 6.07) is 11.5. The van der Waals surface area contributed by atoms with Crippen molar-refractivity contribution in [2.45, 2.75) is 0 Å². The fourth-order valence-electron chi connectivity index (χ4n) is 2.12. The van der Waals surface area contributed by atoms with Crippen LogP contribution in [0, 0.1) is 0 Å². The molecule has 0 atom stereocenters. The van der Waals surface area contributed by atoms with E-state index in [4.69, 9.17) is 13.9 Å². The SMILES string of the molecule is COc1ccc(C(=O)COC(=O)c2cccc3ocnc23)cc1. The molecule has 6 heteroatoms. The van der Waals surface area contributed by atoms with Gasteiger partial charge in [0.15, 0.2) is 24.4 Å². The van der Waals surface area contributed by atoms with Gasteiger partial charge in [-0.15, -0.1) is 0 Å². The number of aromatic nitrogens is 1. The Balaban J connectivity index is 1.68. The molecule has 0 saturated heterocycles.